The molecular formula is C30H18N3OPt-. The van der Waals surface area contributed by atoms with E-state index in [4.69, 9.17) is 9.97 Å². The van der Waals surface area contributed by atoms with Crippen LogP contribution in [-0.4, -0.2) is 19.5 Å². The Hall–Kier alpha value is -4.01. The molecular weight excluding hydrogens is 613 g/mol. The van der Waals surface area contributed by atoms with Gasteiger partial charge in [-0.05, 0) is 35.3 Å². The number of imidazole rings is 1. The number of aromatic hydroxyl groups is 1. The van der Waals surface area contributed by atoms with Gasteiger partial charge in [-0.3, -0.25) is 9.38 Å². The summed E-state index contributed by atoms with van der Waals surface area (Å²) in [5.74, 6) is 0.227. The van der Waals surface area contributed by atoms with E-state index >= 15 is 0 Å². The number of rotatable bonds is 2. The Bertz CT molecular complexity index is 1880. The number of nitrogens with zero attached hydrogens (tertiary/aromatic N) is 3. The van der Waals surface area contributed by atoms with Crippen molar-refractivity contribution >= 4 is 38.4 Å². The van der Waals surface area contributed by atoms with E-state index in [9.17, 15) is 5.11 Å². The second kappa shape index (κ2) is 8.33. The average molecular weight is 632 g/mol. The topological polar surface area (TPSA) is 50.4 Å². The van der Waals surface area contributed by atoms with Crippen molar-refractivity contribution in [3.05, 3.63) is 109 Å². The van der Waals surface area contributed by atoms with Crippen molar-refractivity contribution in [3.63, 3.8) is 0 Å². The first-order chi connectivity index (χ1) is 16.8. The second-order valence-electron chi connectivity index (χ2n) is 8.35. The van der Waals surface area contributed by atoms with Crippen LogP contribution in [0.2, 0.25) is 0 Å². The van der Waals surface area contributed by atoms with Gasteiger partial charge in [0.1, 0.15) is 11.4 Å². The van der Waals surface area contributed by atoms with E-state index in [0.717, 1.165) is 60.9 Å². The molecule has 1 N–H and O–H groups in total. The van der Waals surface area contributed by atoms with Gasteiger partial charge < -0.3 is 5.11 Å². The molecule has 0 saturated carbocycles. The SMILES string of the molecule is Oc1cccc2c3ccccc3n3c4cccc(-c5cccc(-c6[c-]cccc6)n5)c4nc3c12.[Pt]. The van der Waals surface area contributed by atoms with Gasteiger partial charge in [0.2, 0.25) is 0 Å². The van der Waals surface area contributed by atoms with E-state index in [1.807, 2.05) is 72.8 Å². The first-order valence-corrected chi connectivity index (χ1v) is 11.2. The van der Waals surface area contributed by atoms with Crippen molar-refractivity contribution in [2.75, 3.05) is 0 Å². The third kappa shape index (κ3) is 3.25. The molecule has 0 fully saturated rings. The number of pyridine rings is 2. The van der Waals surface area contributed by atoms with E-state index in [1.54, 1.807) is 6.07 Å². The molecule has 0 atom stereocenters. The first kappa shape index (κ1) is 21.5. The summed E-state index contributed by atoms with van der Waals surface area (Å²) in [5, 5.41) is 13.6. The predicted molar refractivity (Wildman–Crippen MR) is 137 cm³/mol. The van der Waals surface area contributed by atoms with Crippen LogP contribution < -0.4 is 0 Å². The molecule has 0 spiro atoms. The molecule has 0 aliphatic heterocycles. The van der Waals surface area contributed by atoms with Gasteiger partial charge in [0.25, 0.3) is 0 Å². The van der Waals surface area contributed by atoms with Gasteiger partial charge in [0, 0.05) is 32.0 Å². The normalized spacial score (nSPS) is 11.3. The van der Waals surface area contributed by atoms with Crippen LogP contribution in [0.3, 0.4) is 0 Å². The molecule has 5 heteroatoms. The number of phenols is 1. The van der Waals surface area contributed by atoms with Gasteiger partial charge in [-0.25, -0.2) is 4.98 Å². The molecule has 7 aromatic rings. The Kier molecular flexibility index (Phi) is 5.12. The van der Waals surface area contributed by atoms with Crippen LogP contribution in [0.5, 0.6) is 5.75 Å². The van der Waals surface area contributed by atoms with Gasteiger partial charge in [0.05, 0.1) is 27.6 Å². The largest absolute Gasteiger partial charge is 0.507 e. The van der Waals surface area contributed by atoms with Gasteiger partial charge >= 0.3 is 0 Å². The smallest absolute Gasteiger partial charge is 0.150 e. The molecule has 170 valence electrons. The van der Waals surface area contributed by atoms with E-state index in [-0.39, 0.29) is 26.8 Å². The van der Waals surface area contributed by atoms with E-state index in [0.29, 0.717) is 0 Å². The summed E-state index contributed by atoms with van der Waals surface area (Å²) < 4.78 is 2.14. The molecule has 3 heterocycles. The minimum Gasteiger partial charge on any atom is -0.507 e. The zero-order valence-corrected chi connectivity index (χ0v) is 20.7. The fraction of sp³-hybridized carbons (Fsp3) is 0. The minimum absolute atomic E-state index is 0. The minimum atomic E-state index is 0. The van der Waals surface area contributed by atoms with Gasteiger partial charge in [-0.2, -0.15) is 0 Å². The van der Waals surface area contributed by atoms with Crippen LogP contribution in [0.25, 0.3) is 60.9 Å². The van der Waals surface area contributed by atoms with Crippen molar-refractivity contribution in [2.45, 2.75) is 0 Å². The van der Waals surface area contributed by atoms with Crippen molar-refractivity contribution in [1.82, 2.24) is 14.4 Å². The predicted octanol–water partition coefficient (Wildman–Crippen LogP) is 7.03. The van der Waals surface area contributed by atoms with Crippen LogP contribution in [0.4, 0.5) is 0 Å². The fourth-order valence-electron chi connectivity index (χ4n) is 4.90. The molecule has 4 nitrogen and oxygen atoms in total. The van der Waals surface area contributed by atoms with Gasteiger partial charge in [0.15, 0.2) is 0 Å². The summed E-state index contributed by atoms with van der Waals surface area (Å²) in [4.78, 5) is 10.0. The summed E-state index contributed by atoms with van der Waals surface area (Å²) in [5.41, 5.74) is 7.24. The molecule has 0 bridgehead atoms. The van der Waals surface area contributed by atoms with E-state index in [2.05, 4.69) is 34.7 Å². The molecule has 0 aliphatic carbocycles. The number of aromatic nitrogens is 3. The Labute approximate surface area is 215 Å². The van der Waals surface area contributed by atoms with Crippen molar-refractivity contribution in [1.29, 1.82) is 0 Å². The summed E-state index contributed by atoms with van der Waals surface area (Å²) in [6.07, 6.45) is 0. The summed E-state index contributed by atoms with van der Waals surface area (Å²) >= 11 is 0. The zero-order valence-electron chi connectivity index (χ0n) is 18.4. The number of phenolic OH excluding ortho intramolecular Hbond substituents is 1. The van der Waals surface area contributed by atoms with Gasteiger partial charge in [-0.1, -0.05) is 54.6 Å². The number of hydrogen-bond donors (Lipinski definition) is 1. The van der Waals surface area contributed by atoms with Crippen LogP contribution in [-0.2, 0) is 21.1 Å². The maximum absolute atomic E-state index is 10.8. The maximum Gasteiger partial charge on any atom is 0.150 e. The quantitative estimate of drug-likeness (QED) is 0.165. The Morgan fingerprint density at radius 1 is 0.657 bits per heavy atom. The van der Waals surface area contributed by atoms with E-state index in [1.165, 1.54) is 0 Å². The van der Waals surface area contributed by atoms with Crippen molar-refractivity contribution in [2.24, 2.45) is 0 Å². The zero-order chi connectivity index (χ0) is 22.6. The number of fused-ring (bicyclic) bond motifs is 8. The molecule has 4 aromatic carbocycles. The summed E-state index contributed by atoms with van der Waals surface area (Å²) in [6.45, 7) is 0. The molecule has 35 heavy (non-hydrogen) atoms. The van der Waals surface area contributed by atoms with E-state index < -0.39 is 0 Å². The van der Waals surface area contributed by atoms with Crippen molar-refractivity contribution in [3.8, 4) is 28.3 Å². The summed E-state index contributed by atoms with van der Waals surface area (Å²) in [7, 11) is 0. The monoisotopic (exact) mass is 631 g/mol. The molecule has 0 radical (unpaired) electrons. The molecule has 0 amide bonds. The number of benzene rings is 4. The van der Waals surface area contributed by atoms with Crippen LogP contribution >= 0.6 is 0 Å². The third-order valence-electron chi connectivity index (χ3n) is 6.40. The number of hydrogen-bond acceptors (Lipinski definition) is 3. The maximum atomic E-state index is 10.8. The Morgan fingerprint density at radius 2 is 1.40 bits per heavy atom. The molecule has 0 unspecified atom stereocenters. The fourth-order valence-corrected chi connectivity index (χ4v) is 4.90. The van der Waals surface area contributed by atoms with Crippen LogP contribution in [0.15, 0.2) is 103 Å². The Balaban J connectivity index is 0.00000229. The number of para-hydroxylation sites is 2. The summed E-state index contributed by atoms with van der Waals surface area (Å²) in [6, 6.07) is 37.2. The molecule has 0 aliphatic rings. The molecule has 0 saturated heterocycles. The van der Waals surface area contributed by atoms with Gasteiger partial charge in [-0.15, -0.1) is 35.9 Å². The average Bonchev–Trinajstić information content (AvgIpc) is 3.29. The standard InChI is InChI=1S/C30H18N3O.Pt/c34-27-18-7-12-21-20-11-4-5-16-25(20)33-26-17-6-13-22(29(26)32-30(33)28(21)27)24-15-8-14-23(31-24)19-9-2-1-3-10-19;/h1-9,11-18,34H;/q-1;. The molecule has 7 rings (SSSR count). The van der Waals surface area contributed by atoms with Crippen LogP contribution in [0, 0.1) is 6.07 Å². The second-order valence-corrected chi connectivity index (χ2v) is 8.35. The Morgan fingerprint density at radius 3 is 2.29 bits per heavy atom. The molecule has 3 aromatic heterocycles. The first-order valence-electron chi connectivity index (χ1n) is 11.2. The van der Waals surface area contributed by atoms with Crippen LogP contribution in [0.1, 0.15) is 0 Å². The third-order valence-corrected chi connectivity index (χ3v) is 6.40. The van der Waals surface area contributed by atoms with Crippen molar-refractivity contribution < 1.29 is 26.2 Å².